The van der Waals surface area contributed by atoms with Crippen LogP contribution >= 0.6 is 0 Å². The molecule has 8 heteroatoms. The molecule has 2 aliphatic carbocycles. The van der Waals surface area contributed by atoms with Crippen LogP contribution in [0.25, 0.3) is 10.9 Å². The van der Waals surface area contributed by atoms with Gasteiger partial charge in [0.05, 0.1) is 11.9 Å². The van der Waals surface area contributed by atoms with E-state index in [-0.39, 0.29) is 30.2 Å². The van der Waals surface area contributed by atoms with Crippen molar-refractivity contribution in [2.24, 2.45) is 28.2 Å². The van der Waals surface area contributed by atoms with Crippen molar-refractivity contribution in [2.45, 2.75) is 52.1 Å². The number of carbonyl (C=O) groups excluding carboxylic acids is 2. The van der Waals surface area contributed by atoms with E-state index < -0.39 is 11.6 Å². The number of amides is 2. The molecule has 41 heavy (non-hydrogen) atoms. The first-order chi connectivity index (χ1) is 19.6. The smallest absolute Gasteiger partial charge is 0.305 e. The second-order valence-corrected chi connectivity index (χ2v) is 12.7. The van der Waals surface area contributed by atoms with E-state index in [0.29, 0.717) is 42.0 Å². The average Bonchev–Trinajstić information content (AvgIpc) is 3.22. The largest absolute Gasteiger partial charge is 0.481 e. The molecule has 4 unspecified atom stereocenters. The first-order valence-electron chi connectivity index (χ1n) is 14.4. The van der Waals surface area contributed by atoms with Gasteiger partial charge in [0.1, 0.15) is 11.4 Å². The van der Waals surface area contributed by atoms with Crippen LogP contribution in [0.4, 0.5) is 0 Å². The summed E-state index contributed by atoms with van der Waals surface area (Å²) < 4.78 is 0. The summed E-state index contributed by atoms with van der Waals surface area (Å²) in [6.07, 6.45) is 4.27. The van der Waals surface area contributed by atoms with Crippen molar-refractivity contribution in [2.75, 3.05) is 13.1 Å². The van der Waals surface area contributed by atoms with Gasteiger partial charge in [-0.2, -0.15) is 0 Å². The molecule has 4 atom stereocenters. The van der Waals surface area contributed by atoms with Crippen molar-refractivity contribution < 1.29 is 19.5 Å². The summed E-state index contributed by atoms with van der Waals surface area (Å²) in [7, 11) is 0. The number of fused-ring (bicyclic) bond motifs is 3. The Morgan fingerprint density at radius 3 is 2.56 bits per heavy atom. The summed E-state index contributed by atoms with van der Waals surface area (Å²) in [5.41, 5.74) is 3.42. The van der Waals surface area contributed by atoms with E-state index in [1.807, 2.05) is 47.4 Å². The number of carboxylic acid groups (broad SMARTS) is 1. The van der Waals surface area contributed by atoms with Crippen molar-refractivity contribution in [1.82, 2.24) is 15.2 Å². The number of hydrogen-bond donors (Lipinski definition) is 2. The van der Waals surface area contributed by atoms with Crippen LogP contribution in [-0.4, -0.2) is 57.2 Å². The molecule has 1 aromatic heterocycles. The van der Waals surface area contributed by atoms with Crippen LogP contribution in [0.3, 0.4) is 0 Å². The minimum absolute atomic E-state index is 0.0332. The Kier molecular flexibility index (Phi) is 6.67. The second kappa shape index (κ2) is 10.1. The van der Waals surface area contributed by atoms with Crippen LogP contribution in [-0.2, 0) is 16.0 Å². The molecule has 2 aromatic carbocycles. The van der Waals surface area contributed by atoms with Crippen LogP contribution in [0.15, 0.2) is 65.8 Å². The Balaban J connectivity index is 1.21. The SMILES string of the molecule is CC(C)(C)C1CC2C1CC21N=C(c2cnc3ccccc3c2)C(=O)N1CCc1ccc(C(=O)NCCC(=O)O)cc1. The number of para-hydroxylation sites is 1. The third kappa shape index (κ3) is 4.79. The van der Waals surface area contributed by atoms with Crippen LogP contribution in [0.5, 0.6) is 0 Å². The summed E-state index contributed by atoms with van der Waals surface area (Å²) in [5.74, 6) is 0.320. The van der Waals surface area contributed by atoms with Crippen LogP contribution in [0, 0.1) is 23.2 Å². The van der Waals surface area contributed by atoms with Gasteiger partial charge in [-0.1, -0.05) is 51.1 Å². The summed E-state index contributed by atoms with van der Waals surface area (Å²) in [4.78, 5) is 48.8. The van der Waals surface area contributed by atoms with Gasteiger partial charge in [-0.15, -0.1) is 0 Å². The lowest BCUT2D eigenvalue weighted by Gasteiger charge is -2.67. The number of hydrogen-bond acceptors (Lipinski definition) is 5. The highest BCUT2D eigenvalue weighted by atomic mass is 16.4. The van der Waals surface area contributed by atoms with E-state index in [1.54, 1.807) is 18.3 Å². The van der Waals surface area contributed by atoms with Gasteiger partial charge < -0.3 is 15.3 Å². The van der Waals surface area contributed by atoms with Crippen LogP contribution in [0.1, 0.15) is 61.5 Å². The molecule has 2 fully saturated rings. The lowest BCUT2D eigenvalue weighted by Crippen LogP contribution is -2.70. The summed E-state index contributed by atoms with van der Waals surface area (Å²) in [6, 6.07) is 17.2. The van der Waals surface area contributed by atoms with E-state index in [0.717, 1.165) is 34.9 Å². The van der Waals surface area contributed by atoms with Crippen molar-refractivity contribution in [3.05, 3.63) is 77.5 Å². The Labute approximate surface area is 239 Å². The molecule has 212 valence electrons. The average molecular weight is 553 g/mol. The highest BCUT2D eigenvalue weighted by Gasteiger charge is 2.69. The van der Waals surface area contributed by atoms with E-state index in [4.69, 9.17) is 10.1 Å². The number of benzene rings is 2. The molecular formula is C33H36N4O4. The van der Waals surface area contributed by atoms with Gasteiger partial charge in [-0.05, 0) is 66.3 Å². The minimum atomic E-state index is -0.951. The zero-order valence-corrected chi connectivity index (χ0v) is 23.8. The highest BCUT2D eigenvalue weighted by molar-refractivity contribution is 6.47. The quantitative estimate of drug-likeness (QED) is 0.420. The molecule has 6 rings (SSSR count). The lowest BCUT2D eigenvalue weighted by molar-refractivity contribution is -0.197. The van der Waals surface area contributed by atoms with Crippen LogP contribution < -0.4 is 5.32 Å². The normalized spacial score (nSPS) is 25.0. The topological polar surface area (TPSA) is 112 Å². The van der Waals surface area contributed by atoms with Gasteiger partial charge in [0.25, 0.3) is 11.8 Å². The van der Waals surface area contributed by atoms with Gasteiger partial charge in [0.2, 0.25) is 0 Å². The summed E-state index contributed by atoms with van der Waals surface area (Å²) in [5, 5.41) is 12.4. The fourth-order valence-corrected chi connectivity index (χ4v) is 7.03. The van der Waals surface area contributed by atoms with E-state index in [9.17, 15) is 14.4 Å². The standard InChI is InChI=1S/C33H36N4O4/c1-32(2,3)25-17-26-24(25)18-33(26)36-29(23-16-22-6-4-5-7-27(22)35-19-23)31(41)37(33)15-13-20-8-10-21(11-9-20)30(40)34-14-12-28(38)39/h4-11,16,19,24-26H,12-15,17-18H2,1-3H3,(H,34,40)(H,38,39). The number of rotatable bonds is 8. The Hall–Kier alpha value is -4.07. The molecular weight excluding hydrogens is 516 g/mol. The number of aliphatic imine (C=N–C) groups is 1. The molecule has 8 nitrogen and oxygen atoms in total. The van der Waals surface area contributed by atoms with Crippen molar-refractivity contribution in [3.8, 4) is 0 Å². The zero-order valence-electron chi connectivity index (χ0n) is 23.8. The minimum Gasteiger partial charge on any atom is -0.481 e. The zero-order chi connectivity index (χ0) is 28.9. The number of pyridine rings is 1. The maximum atomic E-state index is 14.0. The van der Waals surface area contributed by atoms with E-state index in [1.165, 1.54) is 0 Å². The number of aliphatic carboxylic acids is 1. The third-order valence-electron chi connectivity index (χ3n) is 9.33. The number of carbonyl (C=O) groups is 3. The molecule has 2 N–H and O–H groups in total. The molecule has 3 aromatic rings. The first kappa shape index (κ1) is 27.1. The summed E-state index contributed by atoms with van der Waals surface area (Å²) in [6.45, 7) is 7.55. The van der Waals surface area contributed by atoms with Gasteiger partial charge in [-0.25, -0.2) is 0 Å². The van der Waals surface area contributed by atoms with Crippen molar-refractivity contribution in [3.63, 3.8) is 0 Å². The number of carboxylic acids is 1. The highest BCUT2D eigenvalue weighted by Crippen LogP contribution is 2.67. The fourth-order valence-electron chi connectivity index (χ4n) is 7.03. The van der Waals surface area contributed by atoms with Gasteiger partial charge in [-0.3, -0.25) is 24.4 Å². The Morgan fingerprint density at radius 1 is 1.12 bits per heavy atom. The second-order valence-electron chi connectivity index (χ2n) is 12.7. The first-order valence-corrected chi connectivity index (χ1v) is 14.4. The molecule has 1 aliphatic heterocycles. The molecule has 0 saturated heterocycles. The maximum absolute atomic E-state index is 14.0. The number of nitrogens with one attached hydrogen (secondary N) is 1. The molecule has 2 amide bonds. The molecule has 3 aliphatic rings. The van der Waals surface area contributed by atoms with Crippen molar-refractivity contribution >= 4 is 34.4 Å². The maximum Gasteiger partial charge on any atom is 0.305 e. The lowest BCUT2D eigenvalue weighted by atomic mass is 9.42. The Bertz CT molecular complexity index is 1560. The van der Waals surface area contributed by atoms with Crippen LogP contribution in [0.2, 0.25) is 0 Å². The van der Waals surface area contributed by atoms with Crippen molar-refractivity contribution in [1.29, 1.82) is 0 Å². The molecule has 1 spiro atoms. The van der Waals surface area contributed by atoms with Gasteiger partial charge in [0, 0.05) is 41.7 Å². The van der Waals surface area contributed by atoms with Gasteiger partial charge in [0.15, 0.2) is 0 Å². The third-order valence-corrected chi connectivity index (χ3v) is 9.33. The molecule has 0 bridgehead atoms. The molecule has 0 radical (unpaired) electrons. The predicted molar refractivity (Wildman–Crippen MR) is 157 cm³/mol. The predicted octanol–water partition coefficient (Wildman–Crippen LogP) is 4.71. The Morgan fingerprint density at radius 2 is 1.88 bits per heavy atom. The van der Waals surface area contributed by atoms with E-state index >= 15 is 0 Å². The monoisotopic (exact) mass is 552 g/mol. The molecule has 2 heterocycles. The number of aromatic nitrogens is 1. The summed E-state index contributed by atoms with van der Waals surface area (Å²) >= 11 is 0. The fraction of sp³-hybridized carbons (Fsp3) is 0.424. The van der Waals surface area contributed by atoms with E-state index in [2.05, 4.69) is 31.1 Å². The number of nitrogens with zero attached hydrogens (tertiary/aromatic N) is 3. The van der Waals surface area contributed by atoms with Gasteiger partial charge >= 0.3 is 5.97 Å². The molecule has 2 saturated carbocycles.